The average molecular weight is 268 g/mol. The molecule has 18 heavy (non-hydrogen) atoms. The van der Waals surface area contributed by atoms with Gasteiger partial charge in [0.2, 0.25) is 5.91 Å². The van der Waals surface area contributed by atoms with Crippen molar-refractivity contribution in [1.82, 2.24) is 0 Å². The number of hydrogen-bond donors (Lipinski definition) is 0. The molecule has 1 aliphatic heterocycles. The summed E-state index contributed by atoms with van der Waals surface area (Å²) in [6.45, 7) is 1.87. The summed E-state index contributed by atoms with van der Waals surface area (Å²) in [6, 6.07) is 7.26. The zero-order chi connectivity index (χ0) is 13.1. The van der Waals surface area contributed by atoms with Crippen molar-refractivity contribution in [3.8, 4) is 5.75 Å². The highest BCUT2D eigenvalue weighted by molar-refractivity contribution is 6.29. The molecule has 1 unspecified atom stereocenters. The zero-order valence-corrected chi connectivity index (χ0v) is 10.8. The highest BCUT2D eigenvalue weighted by Crippen LogP contribution is 2.33. The van der Waals surface area contributed by atoms with E-state index in [4.69, 9.17) is 16.3 Å². The number of anilines is 1. The third kappa shape index (κ3) is 2.64. The van der Waals surface area contributed by atoms with Gasteiger partial charge >= 0.3 is 0 Å². The summed E-state index contributed by atoms with van der Waals surface area (Å²) in [6.07, 6.45) is -0.00926. The molecule has 1 atom stereocenters. The number of carbonyl (C=O) groups is 2. The van der Waals surface area contributed by atoms with Crippen LogP contribution in [0.5, 0.6) is 5.75 Å². The molecule has 96 valence electrons. The van der Waals surface area contributed by atoms with Crippen molar-refractivity contribution in [2.45, 2.75) is 19.4 Å². The standard InChI is InChI=1S/C13H14ClNO3/c1-9(16)6-10-8-15(13(17)7-14)11-4-2-3-5-12(11)18-10/h2-5,10H,6-8H2,1H3. The fraction of sp³-hybridized carbons (Fsp3) is 0.385. The van der Waals surface area contributed by atoms with Crippen LogP contribution in [0.2, 0.25) is 0 Å². The zero-order valence-electron chi connectivity index (χ0n) is 10.1. The Bertz CT molecular complexity index is 475. The maximum atomic E-state index is 11.8. The Balaban J connectivity index is 2.29. The third-order valence-electron chi connectivity index (χ3n) is 2.77. The van der Waals surface area contributed by atoms with Crippen LogP contribution < -0.4 is 9.64 Å². The molecule has 1 aliphatic rings. The number of benzene rings is 1. The lowest BCUT2D eigenvalue weighted by molar-refractivity contribution is -0.120. The van der Waals surface area contributed by atoms with E-state index >= 15 is 0 Å². The van der Waals surface area contributed by atoms with Crippen LogP contribution in [0.15, 0.2) is 24.3 Å². The molecule has 0 saturated carbocycles. The van der Waals surface area contributed by atoms with Gasteiger partial charge in [-0.1, -0.05) is 12.1 Å². The van der Waals surface area contributed by atoms with Crippen LogP contribution in [0, 0.1) is 0 Å². The molecule has 0 saturated heterocycles. The number of alkyl halides is 1. The second kappa shape index (κ2) is 5.40. The molecule has 1 amide bonds. The lowest BCUT2D eigenvalue weighted by Crippen LogP contribution is -2.44. The molecule has 2 rings (SSSR count). The Morgan fingerprint density at radius 2 is 2.17 bits per heavy atom. The van der Waals surface area contributed by atoms with E-state index in [0.29, 0.717) is 24.4 Å². The van der Waals surface area contributed by atoms with Crippen molar-refractivity contribution in [2.24, 2.45) is 0 Å². The summed E-state index contributed by atoms with van der Waals surface area (Å²) in [5.74, 6) is 0.397. The van der Waals surface area contributed by atoms with Gasteiger partial charge in [-0.05, 0) is 19.1 Å². The summed E-state index contributed by atoms with van der Waals surface area (Å²) >= 11 is 5.61. The first kappa shape index (κ1) is 12.9. The Kier molecular flexibility index (Phi) is 3.87. The largest absolute Gasteiger partial charge is 0.486 e. The summed E-state index contributed by atoms with van der Waals surface area (Å²) < 4.78 is 5.71. The number of nitrogens with zero attached hydrogens (tertiary/aromatic N) is 1. The summed E-state index contributed by atoms with van der Waals surface area (Å²) in [7, 11) is 0. The number of amides is 1. The molecule has 1 aromatic rings. The fourth-order valence-corrected chi connectivity index (χ4v) is 2.18. The Hall–Kier alpha value is -1.55. The molecule has 0 aliphatic carbocycles. The van der Waals surface area contributed by atoms with Crippen molar-refractivity contribution < 1.29 is 14.3 Å². The monoisotopic (exact) mass is 267 g/mol. The van der Waals surface area contributed by atoms with Gasteiger partial charge in [0, 0.05) is 6.42 Å². The van der Waals surface area contributed by atoms with E-state index in [1.54, 1.807) is 11.0 Å². The van der Waals surface area contributed by atoms with Crippen LogP contribution in [-0.4, -0.2) is 30.2 Å². The number of Topliss-reactive ketones (excluding diaryl/α,β-unsaturated/α-hetero) is 1. The summed E-state index contributed by atoms with van der Waals surface area (Å²) in [5, 5.41) is 0. The summed E-state index contributed by atoms with van der Waals surface area (Å²) in [5.41, 5.74) is 0.711. The van der Waals surface area contributed by atoms with Gasteiger partial charge in [-0.2, -0.15) is 0 Å². The van der Waals surface area contributed by atoms with Crippen LogP contribution in [0.1, 0.15) is 13.3 Å². The first-order chi connectivity index (χ1) is 8.61. The van der Waals surface area contributed by atoms with Gasteiger partial charge in [-0.25, -0.2) is 0 Å². The molecule has 0 N–H and O–H groups in total. The van der Waals surface area contributed by atoms with Crippen molar-refractivity contribution >= 4 is 29.0 Å². The lowest BCUT2D eigenvalue weighted by Gasteiger charge is -2.34. The molecular formula is C13H14ClNO3. The normalized spacial score (nSPS) is 17.9. The SMILES string of the molecule is CC(=O)CC1CN(C(=O)CCl)c2ccccc2O1. The van der Waals surface area contributed by atoms with E-state index < -0.39 is 0 Å². The number of halogens is 1. The van der Waals surface area contributed by atoms with Crippen LogP contribution in [0.25, 0.3) is 0 Å². The van der Waals surface area contributed by atoms with Crippen molar-refractivity contribution in [3.05, 3.63) is 24.3 Å². The molecule has 0 aromatic heterocycles. The lowest BCUT2D eigenvalue weighted by atomic mass is 10.1. The highest BCUT2D eigenvalue weighted by atomic mass is 35.5. The number of carbonyl (C=O) groups excluding carboxylic acids is 2. The number of ether oxygens (including phenoxy) is 1. The van der Waals surface area contributed by atoms with Crippen molar-refractivity contribution in [1.29, 1.82) is 0 Å². The van der Waals surface area contributed by atoms with E-state index in [-0.39, 0.29) is 23.7 Å². The van der Waals surface area contributed by atoms with Gasteiger partial charge in [0.05, 0.1) is 12.2 Å². The first-order valence-corrected chi connectivity index (χ1v) is 6.26. The average Bonchev–Trinajstić information content (AvgIpc) is 2.36. The van der Waals surface area contributed by atoms with Gasteiger partial charge in [0.1, 0.15) is 23.5 Å². The van der Waals surface area contributed by atoms with Crippen molar-refractivity contribution in [2.75, 3.05) is 17.3 Å². The van der Waals surface area contributed by atoms with E-state index in [0.717, 1.165) is 0 Å². The molecule has 0 radical (unpaired) electrons. The minimum atomic E-state index is -0.301. The number of hydrogen-bond acceptors (Lipinski definition) is 3. The topological polar surface area (TPSA) is 46.6 Å². The van der Waals surface area contributed by atoms with E-state index in [1.807, 2.05) is 18.2 Å². The molecule has 4 nitrogen and oxygen atoms in total. The smallest absolute Gasteiger partial charge is 0.242 e. The van der Waals surface area contributed by atoms with Crippen LogP contribution in [-0.2, 0) is 9.59 Å². The summed E-state index contributed by atoms with van der Waals surface area (Å²) in [4.78, 5) is 24.6. The van der Waals surface area contributed by atoms with E-state index in [9.17, 15) is 9.59 Å². The molecule has 1 heterocycles. The highest BCUT2D eigenvalue weighted by Gasteiger charge is 2.29. The van der Waals surface area contributed by atoms with Crippen molar-refractivity contribution in [3.63, 3.8) is 0 Å². The fourth-order valence-electron chi connectivity index (χ4n) is 2.03. The van der Waals surface area contributed by atoms with Gasteiger partial charge in [-0.3, -0.25) is 9.59 Å². The Morgan fingerprint density at radius 3 is 2.83 bits per heavy atom. The minimum Gasteiger partial charge on any atom is -0.486 e. The molecule has 1 aromatic carbocycles. The molecule has 0 fully saturated rings. The first-order valence-electron chi connectivity index (χ1n) is 5.73. The third-order valence-corrected chi connectivity index (χ3v) is 3.00. The molecule has 5 heteroatoms. The molecular weight excluding hydrogens is 254 g/mol. The Labute approximate surface area is 110 Å². The molecule has 0 spiro atoms. The van der Waals surface area contributed by atoms with E-state index in [2.05, 4.69) is 0 Å². The number of fused-ring (bicyclic) bond motifs is 1. The maximum absolute atomic E-state index is 11.8. The Morgan fingerprint density at radius 1 is 1.44 bits per heavy atom. The predicted octanol–water partition coefficient (Wildman–Crippen LogP) is 2.00. The minimum absolute atomic E-state index is 0.0395. The van der Waals surface area contributed by atoms with Crippen LogP contribution in [0.4, 0.5) is 5.69 Å². The van der Waals surface area contributed by atoms with Gasteiger partial charge < -0.3 is 9.64 Å². The quantitative estimate of drug-likeness (QED) is 0.787. The second-order valence-electron chi connectivity index (χ2n) is 4.25. The molecule has 0 bridgehead atoms. The predicted molar refractivity (Wildman–Crippen MR) is 69.2 cm³/mol. The van der Waals surface area contributed by atoms with Crippen LogP contribution >= 0.6 is 11.6 Å². The van der Waals surface area contributed by atoms with Gasteiger partial charge in [0.15, 0.2) is 0 Å². The number of rotatable bonds is 3. The van der Waals surface area contributed by atoms with Gasteiger partial charge in [0.25, 0.3) is 0 Å². The van der Waals surface area contributed by atoms with E-state index in [1.165, 1.54) is 6.92 Å². The second-order valence-corrected chi connectivity index (χ2v) is 4.52. The number of ketones is 1. The number of para-hydroxylation sites is 2. The van der Waals surface area contributed by atoms with Crippen LogP contribution in [0.3, 0.4) is 0 Å². The van der Waals surface area contributed by atoms with Gasteiger partial charge in [-0.15, -0.1) is 11.6 Å². The maximum Gasteiger partial charge on any atom is 0.242 e.